The van der Waals surface area contributed by atoms with Crippen LogP contribution in [-0.2, 0) is 11.3 Å². The van der Waals surface area contributed by atoms with Gasteiger partial charge in [0.05, 0.1) is 12.5 Å². The second-order valence-electron chi connectivity index (χ2n) is 3.76. The molecule has 1 heterocycles. The number of rotatable bonds is 5. The highest BCUT2D eigenvalue weighted by atomic mass is 32.1. The van der Waals surface area contributed by atoms with Crippen LogP contribution in [0.4, 0.5) is 0 Å². The number of thiophene rings is 1. The van der Waals surface area contributed by atoms with Gasteiger partial charge in [0.1, 0.15) is 0 Å². The number of nitrogens with zero attached hydrogens (tertiary/aromatic N) is 2. The Hall–Kier alpha value is -1.56. The molecule has 0 saturated carbocycles. The minimum atomic E-state index is -0.551. The number of oxime groups is 1. The second kappa shape index (κ2) is 6.24. The second-order valence-corrected chi connectivity index (χ2v) is 4.79. The largest absolute Gasteiger partial charge is 0.409 e. The van der Waals surface area contributed by atoms with Crippen molar-refractivity contribution in [3.63, 3.8) is 0 Å². The van der Waals surface area contributed by atoms with Gasteiger partial charge < -0.3 is 15.8 Å². The molecular formula is C11H17N3O2S. The van der Waals surface area contributed by atoms with E-state index in [1.54, 1.807) is 23.3 Å². The van der Waals surface area contributed by atoms with E-state index in [0.717, 1.165) is 4.88 Å². The van der Waals surface area contributed by atoms with Crippen molar-refractivity contribution in [3.8, 4) is 0 Å². The molecule has 3 N–H and O–H groups in total. The smallest absolute Gasteiger partial charge is 0.233 e. The maximum Gasteiger partial charge on any atom is 0.233 e. The topological polar surface area (TPSA) is 78.9 Å². The van der Waals surface area contributed by atoms with E-state index in [0.29, 0.717) is 13.0 Å². The van der Waals surface area contributed by atoms with E-state index in [9.17, 15) is 4.79 Å². The molecule has 0 aromatic carbocycles. The van der Waals surface area contributed by atoms with Crippen LogP contribution in [0.5, 0.6) is 0 Å². The van der Waals surface area contributed by atoms with Crippen LogP contribution in [0, 0.1) is 5.92 Å². The molecule has 0 fully saturated rings. The highest BCUT2D eigenvalue weighted by molar-refractivity contribution is 7.09. The average Bonchev–Trinajstić information content (AvgIpc) is 2.82. The number of carbonyl (C=O) groups excluding carboxylic acids is 1. The van der Waals surface area contributed by atoms with E-state index < -0.39 is 5.92 Å². The minimum absolute atomic E-state index is 0.0319. The van der Waals surface area contributed by atoms with Gasteiger partial charge in [0.2, 0.25) is 5.91 Å². The van der Waals surface area contributed by atoms with Gasteiger partial charge in [0, 0.05) is 11.9 Å². The maximum atomic E-state index is 12.1. The lowest BCUT2D eigenvalue weighted by atomic mass is 10.0. The van der Waals surface area contributed by atoms with Crippen molar-refractivity contribution >= 4 is 23.1 Å². The first kappa shape index (κ1) is 13.5. The first-order valence-electron chi connectivity index (χ1n) is 5.34. The van der Waals surface area contributed by atoms with Crippen LogP contribution in [0.1, 0.15) is 18.2 Å². The third kappa shape index (κ3) is 3.45. The molecular weight excluding hydrogens is 238 g/mol. The molecule has 94 valence electrons. The van der Waals surface area contributed by atoms with Gasteiger partial charge >= 0.3 is 0 Å². The van der Waals surface area contributed by atoms with Gasteiger partial charge in [-0.05, 0) is 17.9 Å². The van der Waals surface area contributed by atoms with E-state index >= 15 is 0 Å². The number of nitrogens with two attached hydrogens (primary N) is 1. The Kier molecular flexibility index (Phi) is 4.96. The molecule has 0 aliphatic heterocycles. The van der Waals surface area contributed by atoms with Crippen molar-refractivity contribution in [1.82, 2.24) is 4.90 Å². The van der Waals surface area contributed by atoms with Gasteiger partial charge in [0.15, 0.2) is 5.84 Å². The molecule has 0 radical (unpaired) electrons. The van der Waals surface area contributed by atoms with Crippen LogP contribution < -0.4 is 5.73 Å². The van der Waals surface area contributed by atoms with Gasteiger partial charge in [0.25, 0.3) is 0 Å². The van der Waals surface area contributed by atoms with Crippen LogP contribution in [-0.4, -0.2) is 28.9 Å². The lowest BCUT2D eigenvalue weighted by Crippen LogP contribution is -2.39. The zero-order valence-electron chi connectivity index (χ0n) is 9.96. The molecule has 1 atom stereocenters. The fourth-order valence-electron chi connectivity index (χ4n) is 1.56. The van der Waals surface area contributed by atoms with Crippen molar-refractivity contribution in [2.45, 2.75) is 19.9 Å². The monoisotopic (exact) mass is 255 g/mol. The first-order chi connectivity index (χ1) is 8.10. The summed E-state index contributed by atoms with van der Waals surface area (Å²) in [5, 5.41) is 13.5. The van der Waals surface area contributed by atoms with Crippen molar-refractivity contribution < 1.29 is 10.0 Å². The summed E-state index contributed by atoms with van der Waals surface area (Å²) in [4.78, 5) is 14.8. The van der Waals surface area contributed by atoms with Gasteiger partial charge in [-0.15, -0.1) is 11.3 Å². The Labute approximate surface area is 105 Å². The first-order valence-corrected chi connectivity index (χ1v) is 6.22. The lowest BCUT2D eigenvalue weighted by Gasteiger charge is -2.21. The highest BCUT2D eigenvalue weighted by Crippen LogP contribution is 2.14. The van der Waals surface area contributed by atoms with E-state index in [1.807, 2.05) is 24.4 Å². The molecule has 0 spiro atoms. The molecule has 0 aliphatic rings. The van der Waals surface area contributed by atoms with Crippen molar-refractivity contribution in [2.75, 3.05) is 7.05 Å². The van der Waals surface area contributed by atoms with Crippen molar-refractivity contribution in [3.05, 3.63) is 22.4 Å². The number of amidine groups is 1. The molecule has 17 heavy (non-hydrogen) atoms. The predicted molar refractivity (Wildman–Crippen MR) is 68.0 cm³/mol. The molecule has 1 aromatic rings. The Morgan fingerprint density at radius 1 is 1.71 bits per heavy atom. The summed E-state index contributed by atoms with van der Waals surface area (Å²) >= 11 is 1.60. The number of hydrogen-bond acceptors (Lipinski definition) is 4. The highest BCUT2D eigenvalue weighted by Gasteiger charge is 2.24. The zero-order valence-corrected chi connectivity index (χ0v) is 10.8. The van der Waals surface area contributed by atoms with Gasteiger partial charge in [-0.2, -0.15) is 0 Å². The molecule has 0 saturated heterocycles. The molecule has 1 amide bonds. The molecule has 0 aliphatic carbocycles. The Bertz CT molecular complexity index is 389. The summed E-state index contributed by atoms with van der Waals surface area (Å²) in [5.74, 6) is -0.711. The van der Waals surface area contributed by atoms with Crippen LogP contribution >= 0.6 is 11.3 Å². The average molecular weight is 255 g/mol. The summed E-state index contributed by atoms with van der Waals surface area (Å²) in [5.41, 5.74) is 5.49. The van der Waals surface area contributed by atoms with Crippen molar-refractivity contribution in [2.24, 2.45) is 16.8 Å². The van der Waals surface area contributed by atoms with Gasteiger partial charge in [-0.3, -0.25) is 4.79 Å². The SMILES string of the molecule is CCC(C(=O)N(C)Cc1cccs1)C(N)=NO. The third-order valence-electron chi connectivity index (χ3n) is 2.53. The molecule has 6 heteroatoms. The van der Waals surface area contributed by atoms with E-state index in [2.05, 4.69) is 5.16 Å². The summed E-state index contributed by atoms with van der Waals surface area (Å²) in [7, 11) is 1.72. The van der Waals surface area contributed by atoms with Crippen molar-refractivity contribution in [1.29, 1.82) is 0 Å². The molecule has 1 aromatic heterocycles. The summed E-state index contributed by atoms with van der Waals surface area (Å²) in [6.07, 6.45) is 0.517. The Balaban J connectivity index is 2.68. The van der Waals surface area contributed by atoms with E-state index in [-0.39, 0.29) is 11.7 Å². The molecule has 5 nitrogen and oxygen atoms in total. The standard InChI is InChI=1S/C11H17N3O2S/c1-3-9(10(12)13-16)11(15)14(2)7-8-5-4-6-17-8/h4-6,9,16H,3,7H2,1-2H3,(H2,12,13). The molecule has 1 rings (SSSR count). The quantitative estimate of drug-likeness (QED) is 0.362. The summed E-state index contributed by atoms with van der Waals surface area (Å²) in [6.45, 7) is 2.38. The van der Waals surface area contributed by atoms with Crippen LogP contribution in [0.2, 0.25) is 0 Å². The van der Waals surface area contributed by atoms with Gasteiger partial charge in [-0.25, -0.2) is 0 Å². The number of hydrogen-bond donors (Lipinski definition) is 2. The maximum absolute atomic E-state index is 12.1. The lowest BCUT2D eigenvalue weighted by molar-refractivity contribution is -0.132. The Morgan fingerprint density at radius 3 is 2.88 bits per heavy atom. The van der Waals surface area contributed by atoms with Crippen LogP contribution in [0.15, 0.2) is 22.7 Å². The molecule has 1 unspecified atom stereocenters. The third-order valence-corrected chi connectivity index (χ3v) is 3.39. The Morgan fingerprint density at radius 2 is 2.41 bits per heavy atom. The van der Waals surface area contributed by atoms with Crippen LogP contribution in [0.25, 0.3) is 0 Å². The fourth-order valence-corrected chi connectivity index (χ4v) is 2.32. The zero-order chi connectivity index (χ0) is 12.8. The number of carbonyl (C=O) groups is 1. The summed E-state index contributed by atoms with van der Waals surface area (Å²) < 4.78 is 0. The van der Waals surface area contributed by atoms with Gasteiger partial charge in [-0.1, -0.05) is 18.1 Å². The predicted octanol–water partition coefficient (Wildman–Crippen LogP) is 1.48. The normalized spacial score (nSPS) is 13.4. The summed E-state index contributed by atoms with van der Waals surface area (Å²) in [6, 6.07) is 3.91. The molecule has 0 bridgehead atoms. The van der Waals surface area contributed by atoms with Crippen LogP contribution in [0.3, 0.4) is 0 Å². The van der Waals surface area contributed by atoms with E-state index in [1.165, 1.54) is 0 Å². The number of amides is 1. The fraction of sp³-hybridized carbons (Fsp3) is 0.455. The van der Waals surface area contributed by atoms with E-state index in [4.69, 9.17) is 10.9 Å². The minimum Gasteiger partial charge on any atom is -0.409 e.